The van der Waals surface area contributed by atoms with Gasteiger partial charge in [0.2, 0.25) is 5.91 Å². The lowest BCUT2D eigenvalue weighted by molar-refractivity contribution is -0.120. The summed E-state index contributed by atoms with van der Waals surface area (Å²) in [5.74, 6) is -0.125. The van der Waals surface area contributed by atoms with Gasteiger partial charge in [0.1, 0.15) is 0 Å². The van der Waals surface area contributed by atoms with Crippen LogP contribution in [-0.4, -0.2) is 12.1 Å². The smallest absolute Gasteiger partial charge is 0.244 e. The quantitative estimate of drug-likeness (QED) is 0.683. The minimum Gasteiger partial charge on any atom is -0.273 e. The highest BCUT2D eigenvalue weighted by Crippen LogP contribution is 2.08. The molecule has 0 bridgehead atoms. The van der Waals surface area contributed by atoms with Gasteiger partial charge in [-0.05, 0) is 23.3 Å². The van der Waals surface area contributed by atoms with Gasteiger partial charge in [0.15, 0.2) is 0 Å². The van der Waals surface area contributed by atoms with Crippen LogP contribution in [0.1, 0.15) is 11.1 Å². The number of halogens is 1. The van der Waals surface area contributed by atoms with Crippen LogP contribution in [0.4, 0.5) is 0 Å². The Morgan fingerprint density at radius 1 is 1.11 bits per heavy atom. The van der Waals surface area contributed by atoms with Crippen molar-refractivity contribution in [3.05, 3.63) is 70.2 Å². The summed E-state index contributed by atoms with van der Waals surface area (Å²) in [5.41, 5.74) is 4.42. The maximum atomic E-state index is 11.6. The monoisotopic (exact) mass is 316 g/mol. The zero-order chi connectivity index (χ0) is 13.5. The van der Waals surface area contributed by atoms with E-state index in [9.17, 15) is 4.79 Å². The summed E-state index contributed by atoms with van der Waals surface area (Å²) < 4.78 is 1.01. The summed E-state index contributed by atoms with van der Waals surface area (Å²) in [6.07, 6.45) is 1.95. The van der Waals surface area contributed by atoms with Crippen LogP contribution in [0.15, 0.2) is 64.2 Å². The first-order valence-corrected chi connectivity index (χ1v) is 6.65. The molecule has 0 heterocycles. The highest BCUT2D eigenvalue weighted by Gasteiger charge is 2.00. The minimum absolute atomic E-state index is 0.125. The van der Waals surface area contributed by atoms with Gasteiger partial charge in [-0.2, -0.15) is 5.10 Å². The number of hydrazone groups is 1. The lowest BCUT2D eigenvalue weighted by atomic mass is 10.1. The summed E-state index contributed by atoms with van der Waals surface area (Å²) in [7, 11) is 0. The van der Waals surface area contributed by atoms with E-state index in [-0.39, 0.29) is 5.91 Å². The maximum Gasteiger partial charge on any atom is 0.244 e. The molecule has 0 aliphatic heterocycles. The highest BCUT2D eigenvalue weighted by atomic mass is 79.9. The number of hydrogen-bond donors (Lipinski definition) is 1. The molecule has 0 radical (unpaired) electrons. The van der Waals surface area contributed by atoms with Crippen molar-refractivity contribution in [2.45, 2.75) is 6.42 Å². The normalized spacial score (nSPS) is 10.6. The van der Waals surface area contributed by atoms with E-state index in [2.05, 4.69) is 26.5 Å². The average Bonchev–Trinajstić information content (AvgIpc) is 2.42. The topological polar surface area (TPSA) is 41.5 Å². The second kappa shape index (κ2) is 6.85. The van der Waals surface area contributed by atoms with E-state index < -0.39 is 0 Å². The van der Waals surface area contributed by atoms with Gasteiger partial charge in [0, 0.05) is 4.47 Å². The first-order chi connectivity index (χ1) is 9.24. The minimum atomic E-state index is -0.125. The summed E-state index contributed by atoms with van der Waals surface area (Å²) >= 11 is 3.36. The molecule has 0 atom stereocenters. The number of carbonyl (C=O) groups excluding carboxylic acids is 1. The molecule has 19 heavy (non-hydrogen) atoms. The van der Waals surface area contributed by atoms with E-state index in [1.165, 1.54) is 0 Å². The third-order valence-corrected chi connectivity index (χ3v) is 3.01. The van der Waals surface area contributed by atoms with Crippen molar-refractivity contribution < 1.29 is 4.79 Å². The molecule has 0 aliphatic rings. The van der Waals surface area contributed by atoms with Crippen LogP contribution in [0.5, 0.6) is 0 Å². The van der Waals surface area contributed by atoms with Crippen molar-refractivity contribution >= 4 is 28.1 Å². The lowest BCUT2D eigenvalue weighted by Gasteiger charge is -1.99. The van der Waals surface area contributed by atoms with Crippen LogP contribution in [-0.2, 0) is 11.2 Å². The summed E-state index contributed by atoms with van der Waals surface area (Å²) in [6.45, 7) is 0. The van der Waals surface area contributed by atoms with E-state index in [4.69, 9.17) is 0 Å². The Hall–Kier alpha value is -1.94. The van der Waals surface area contributed by atoms with Gasteiger partial charge in [-0.1, -0.05) is 58.4 Å². The van der Waals surface area contributed by atoms with E-state index in [1.54, 1.807) is 6.21 Å². The van der Waals surface area contributed by atoms with Crippen LogP contribution in [0.25, 0.3) is 0 Å². The maximum absolute atomic E-state index is 11.6. The molecular weight excluding hydrogens is 304 g/mol. The van der Waals surface area contributed by atoms with Crippen molar-refractivity contribution in [3.63, 3.8) is 0 Å². The van der Waals surface area contributed by atoms with Crippen LogP contribution in [0, 0.1) is 0 Å². The fourth-order valence-electron chi connectivity index (χ4n) is 1.55. The number of nitrogens with one attached hydrogen (secondary N) is 1. The second-order valence-corrected chi connectivity index (χ2v) is 4.92. The number of nitrogens with zero attached hydrogens (tertiary/aromatic N) is 1. The number of carbonyl (C=O) groups is 1. The predicted molar refractivity (Wildman–Crippen MR) is 80.0 cm³/mol. The van der Waals surface area contributed by atoms with Gasteiger partial charge in [-0.25, -0.2) is 5.43 Å². The third kappa shape index (κ3) is 4.67. The molecule has 0 unspecified atom stereocenters. The zero-order valence-electron chi connectivity index (χ0n) is 10.2. The molecule has 0 aromatic heterocycles. The van der Waals surface area contributed by atoms with Crippen LogP contribution < -0.4 is 5.43 Å². The number of hydrogen-bond acceptors (Lipinski definition) is 2. The predicted octanol–water partition coefficient (Wildman–Crippen LogP) is 3.14. The van der Waals surface area contributed by atoms with Gasteiger partial charge in [0.05, 0.1) is 12.6 Å². The Balaban J connectivity index is 1.85. The number of benzene rings is 2. The summed E-state index contributed by atoms with van der Waals surface area (Å²) in [4.78, 5) is 11.6. The largest absolute Gasteiger partial charge is 0.273 e. The first kappa shape index (κ1) is 13.5. The van der Waals surface area contributed by atoms with Gasteiger partial charge in [-0.15, -0.1) is 0 Å². The fourth-order valence-corrected chi connectivity index (χ4v) is 1.81. The van der Waals surface area contributed by atoms with Crippen molar-refractivity contribution in [2.75, 3.05) is 0 Å². The molecule has 0 fully saturated rings. The van der Waals surface area contributed by atoms with E-state index in [1.807, 2.05) is 54.6 Å². The van der Waals surface area contributed by atoms with Gasteiger partial charge in [-0.3, -0.25) is 4.79 Å². The highest BCUT2D eigenvalue weighted by molar-refractivity contribution is 9.10. The SMILES string of the molecule is O=C(Cc1ccccc1)N/N=C/c1ccc(Br)cc1. The number of rotatable bonds is 4. The number of amides is 1. The summed E-state index contributed by atoms with van der Waals surface area (Å²) in [6, 6.07) is 17.2. The average molecular weight is 317 g/mol. The molecule has 96 valence electrons. The lowest BCUT2D eigenvalue weighted by Crippen LogP contribution is -2.19. The van der Waals surface area contributed by atoms with Crippen LogP contribution in [0.2, 0.25) is 0 Å². The Morgan fingerprint density at radius 3 is 2.47 bits per heavy atom. The molecule has 4 heteroatoms. The van der Waals surface area contributed by atoms with E-state index >= 15 is 0 Å². The van der Waals surface area contributed by atoms with Crippen molar-refractivity contribution in [2.24, 2.45) is 5.10 Å². The molecule has 3 nitrogen and oxygen atoms in total. The van der Waals surface area contributed by atoms with Gasteiger partial charge >= 0.3 is 0 Å². The zero-order valence-corrected chi connectivity index (χ0v) is 11.8. The van der Waals surface area contributed by atoms with Crippen molar-refractivity contribution in [3.8, 4) is 0 Å². The molecule has 0 saturated heterocycles. The molecule has 0 aliphatic carbocycles. The third-order valence-electron chi connectivity index (χ3n) is 2.48. The molecule has 0 spiro atoms. The Morgan fingerprint density at radius 2 is 1.79 bits per heavy atom. The van der Waals surface area contributed by atoms with Crippen molar-refractivity contribution in [1.82, 2.24) is 5.43 Å². The Bertz CT molecular complexity index is 564. The van der Waals surface area contributed by atoms with Gasteiger partial charge < -0.3 is 0 Å². The molecule has 1 N–H and O–H groups in total. The van der Waals surface area contributed by atoms with Crippen LogP contribution in [0.3, 0.4) is 0 Å². The molecule has 2 aromatic rings. The Labute approximate surface area is 120 Å². The van der Waals surface area contributed by atoms with E-state index in [0.717, 1.165) is 15.6 Å². The Kier molecular flexibility index (Phi) is 4.86. The molecular formula is C15H13BrN2O. The van der Waals surface area contributed by atoms with E-state index in [0.29, 0.717) is 6.42 Å². The second-order valence-electron chi connectivity index (χ2n) is 4.01. The fraction of sp³-hybridized carbons (Fsp3) is 0.0667. The first-order valence-electron chi connectivity index (χ1n) is 5.85. The van der Waals surface area contributed by atoms with Crippen molar-refractivity contribution in [1.29, 1.82) is 0 Å². The van der Waals surface area contributed by atoms with Gasteiger partial charge in [0.25, 0.3) is 0 Å². The molecule has 0 saturated carbocycles. The molecule has 2 aromatic carbocycles. The van der Waals surface area contributed by atoms with Crippen LogP contribution >= 0.6 is 15.9 Å². The standard InChI is InChI=1S/C15H13BrN2O/c16-14-8-6-13(7-9-14)11-17-18-15(19)10-12-4-2-1-3-5-12/h1-9,11H,10H2,(H,18,19)/b17-11+. The molecule has 2 rings (SSSR count). The summed E-state index contributed by atoms with van der Waals surface area (Å²) in [5, 5.41) is 3.93. The molecule has 1 amide bonds.